The minimum atomic E-state index is 0. The maximum Gasteiger partial charge on any atom is 2.00 e. The minimum absolute atomic E-state index is 0. The van der Waals surface area contributed by atoms with Crippen LogP contribution < -0.4 is 0 Å². The number of rotatable bonds is 3. The van der Waals surface area contributed by atoms with E-state index in [1.807, 2.05) is 30.3 Å². The van der Waals surface area contributed by atoms with Gasteiger partial charge in [-0.2, -0.15) is 13.1 Å². The van der Waals surface area contributed by atoms with Crippen molar-refractivity contribution in [2.45, 2.75) is 38.6 Å². The number of benzene rings is 2. The molecule has 0 spiro atoms. The Hall–Kier alpha value is 1.58. The van der Waals surface area contributed by atoms with Crippen LogP contribution in [-0.2, 0) is 78.4 Å². The first-order valence-electron chi connectivity index (χ1n) is 9.37. The Balaban J connectivity index is 0. The third-order valence-corrected chi connectivity index (χ3v) is 4.40. The van der Waals surface area contributed by atoms with Gasteiger partial charge in [-0.15, -0.1) is 19.6 Å². The molecule has 1 N–H and O–H groups in total. The van der Waals surface area contributed by atoms with E-state index >= 15 is 0 Å². The Morgan fingerprint density at radius 3 is 1.71 bits per heavy atom. The summed E-state index contributed by atoms with van der Waals surface area (Å²) in [7, 11) is 0. The van der Waals surface area contributed by atoms with E-state index in [2.05, 4.69) is 41.8 Å². The fourth-order valence-corrected chi connectivity index (χ4v) is 2.71. The average molecular weight is 752 g/mol. The van der Waals surface area contributed by atoms with Gasteiger partial charge in [0.15, 0.2) is 0 Å². The molecule has 2 aliphatic heterocycles. The van der Waals surface area contributed by atoms with Crippen LogP contribution in [0.15, 0.2) is 54.6 Å². The van der Waals surface area contributed by atoms with E-state index in [0.717, 1.165) is 44.1 Å². The molecule has 28 heavy (non-hydrogen) atoms. The summed E-state index contributed by atoms with van der Waals surface area (Å²) in [6.07, 6.45) is 3.62. The first kappa shape index (κ1) is 31.8. The van der Waals surface area contributed by atoms with Gasteiger partial charge in [-0.05, 0) is 23.5 Å². The predicted octanol–water partition coefficient (Wildman–Crippen LogP) is 6.11. The van der Waals surface area contributed by atoms with E-state index in [0.29, 0.717) is 6.54 Å². The van der Waals surface area contributed by atoms with Crippen LogP contribution in [-0.4, -0.2) is 26.2 Å². The van der Waals surface area contributed by atoms with Crippen molar-refractivity contribution >= 4 is 0 Å². The van der Waals surface area contributed by atoms with Crippen molar-refractivity contribution in [3.8, 4) is 0 Å². The molecule has 6 heteroatoms. The predicted molar refractivity (Wildman–Crippen MR) is 108 cm³/mol. The largest absolute Gasteiger partial charge is 2.00 e. The maximum atomic E-state index is 6.94. The van der Waals surface area contributed by atoms with Gasteiger partial charge in [0.1, 0.15) is 0 Å². The number of nitrogens with zero attached hydrogens (tertiary/aromatic N) is 2. The van der Waals surface area contributed by atoms with Crippen molar-refractivity contribution in [3.63, 3.8) is 0 Å². The summed E-state index contributed by atoms with van der Waals surface area (Å²) >= 11 is 0. The van der Waals surface area contributed by atoms with Crippen molar-refractivity contribution in [2.24, 2.45) is 0 Å². The molecule has 2 aliphatic rings. The second-order valence-electron chi connectivity index (χ2n) is 6.37. The summed E-state index contributed by atoms with van der Waals surface area (Å²) < 4.78 is 0. The molecule has 2 aromatic carbocycles. The summed E-state index contributed by atoms with van der Waals surface area (Å²) in [6, 6.07) is 18.9. The normalized spacial score (nSPS) is 14.4. The molecule has 0 saturated carbocycles. The van der Waals surface area contributed by atoms with Gasteiger partial charge >= 0.3 is 31.1 Å². The molecular formula is C22H30N3UY2-. The fourth-order valence-electron chi connectivity index (χ4n) is 2.71. The van der Waals surface area contributed by atoms with Crippen molar-refractivity contribution in [1.29, 1.82) is 0 Å². The SMILES string of the molecule is C1C[N-]1.CCc1ccc(C2CC[N-]CC2)cc1.[NH-]Cc1ccccc1.[U+2].[Y].[Y]. The summed E-state index contributed by atoms with van der Waals surface area (Å²) in [6.45, 7) is 6.95. The van der Waals surface area contributed by atoms with Crippen LogP contribution in [0.5, 0.6) is 0 Å². The van der Waals surface area contributed by atoms with Gasteiger partial charge < -0.3 is 16.4 Å². The van der Waals surface area contributed by atoms with Gasteiger partial charge in [0.05, 0.1) is 0 Å². The van der Waals surface area contributed by atoms with Crippen molar-refractivity contribution in [2.75, 3.05) is 26.2 Å². The first-order chi connectivity index (χ1) is 12.3. The zero-order valence-corrected chi connectivity index (χ0v) is 26.8. The standard InChI is InChI=1S/C13H18N.C7H8N.C2H4N.U.2Y/c1-2-11-3-5-12(6-4-11)13-7-9-14-10-8-13;8-6-7-4-2-1-3-5-7;1-2-3-1;;;/h3-6,13H,2,7-10H2,1H3;1-5,8H,6H2;1-2H2;;;/q3*-1;+2;;. The average Bonchev–Trinajstić information content (AvgIpc) is 3.59. The van der Waals surface area contributed by atoms with E-state index < -0.39 is 0 Å². The molecular weight excluding hydrogens is 722 g/mol. The van der Waals surface area contributed by atoms with Gasteiger partial charge in [-0.25, -0.2) is 0 Å². The van der Waals surface area contributed by atoms with E-state index in [9.17, 15) is 0 Å². The van der Waals surface area contributed by atoms with Crippen LogP contribution >= 0.6 is 0 Å². The summed E-state index contributed by atoms with van der Waals surface area (Å²) in [5.41, 5.74) is 11.0. The van der Waals surface area contributed by atoms with E-state index in [4.69, 9.17) is 5.73 Å². The molecule has 0 bridgehead atoms. The molecule has 2 heterocycles. The quantitative estimate of drug-likeness (QED) is 0.341. The molecule has 2 radical (unpaired) electrons. The Kier molecular flexibility index (Phi) is 23.2. The van der Waals surface area contributed by atoms with Gasteiger partial charge in [0.2, 0.25) is 0 Å². The van der Waals surface area contributed by atoms with Gasteiger partial charge in [0.25, 0.3) is 0 Å². The number of hydrogen-bond acceptors (Lipinski definition) is 0. The first-order valence-corrected chi connectivity index (χ1v) is 9.37. The van der Waals surface area contributed by atoms with Gasteiger partial charge in [-0.1, -0.05) is 79.9 Å². The zero-order chi connectivity index (χ0) is 17.7. The van der Waals surface area contributed by atoms with Crippen LogP contribution in [0.2, 0.25) is 0 Å². The summed E-state index contributed by atoms with van der Waals surface area (Å²) in [5, 5.41) is 8.14. The smallest absolute Gasteiger partial charge is 0.674 e. The second kappa shape index (κ2) is 20.5. The Bertz CT molecular complexity index is 571. The summed E-state index contributed by atoms with van der Waals surface area (Å²) in [5.74, 6) is 0.762. The van der Waals surface area contributed by atoms with Crippen molar-refractivity contribution < 1.29 is 96.5 Å². The molecule has 4 rings (SSSR count). The third-order valence-electron chi connectivity index (χ3n) is 4.40. The Labute approximate surface area is 245 Å². The van der Waals surface area contributed by atoms with Crippen LogP contribution in [0.25, 0.3) is 16.4 Å². The van der Waals surface area contributed by atoms with Crippen molar-refractivity contribution in [1.82, 2.24) is 0 Å². The molecule has 0 aliphatic carbocycles. The summed E-state index contributed by atoms with van der Waals surface area (Å²) in [4.78, 5) is 0. The molecule has 144 valence electrons. The Morgan fingerprint density at radius 2 is 1.32 bits per heavy atom. The number of nitrogens with one attached hydrogen (secondary N) is 1. The van der Waals surface area contributed by atoms with Crippen LogP contribution in [0.1, 0.15) is 42.4 Å². The monoisotopic (exact) mass is 752 g/mol. The minimum Gasteiger partial charge on any atom is -0.674 e. The second-order valence-corrected chi connectivity index (χ2v) is 6.37. The molecule has 0 unspecified atom stereocenters. The third kappa shape index (κ3) is 14.6. The van der Waals surface area contributed by atoms with E-state index in [-0.39, 0.29) is 96.5 Å². The molecule has 0 aromatic heterocycles. The molecule has 0 atom stereocenters. The van der Waals surface area contributed by atoms with E-state index in [1.54, 1.807) is 0 Å². The molecule has 2 saturated heterocycles. The number of aryl methyl sites for hydroxylation is 1. The van der Waals surface area contributed by atoms with Crippen LogP contribution in [0.3, 0.4) is 0 Å². The van der Waals surface area contributed by atoms with Crippen LogP contribution in [0.4, 0.5) is 0 Å². The Morgan fingerprint density at radius 1 is 0.786 bits per heavy atom. The number of hydrogen-bond donors (Lipinski definition) is 0. The van der Waals surface area contributed by atoms with Crippen molar-refractivity contribution in [3.05, 3.63) is 87.7 Å². The molecule has 0 amide bonds. The molecule has 2 fully saturated rings. The number of piperidine rings is 1. The topological polar surface area (TPSA) is 52.0 Å². The van der Waals surface area contributed by atoms with Gasteiger partial charge in [0, 0.05) is 65.4 Å². The van der Waals surface area contributed by atoms with Crippen LogP contribution in [0, 0.1) is 31.1 Å². The van der Waals surface area contributed by atoms with E-state index in [1.165, 1.54) is 24.0 Å². The molecule has 3 nitrogen and oxygen atoms in total. The fraction of sp³-hybridized carbons (Fsp3) is 0.455. The zero-order valence-electron chi connectivity index (χ0n) is 17.0. The van der Waals surface area contributed by atoms with Gasteiger partial charge in [-0.3, -0.25) is 0 Å². The maximum absolute atomic E-state index is 6.94. The molecule has 2 aromatic rings.